The molecular formula is C15H10F6N2OS. The highest BCUT2D eigenvalue weighted by atomic mass is 32.1. The summed E-state index contributed by atoms with van der Waals surface area (Å²) in [4.78, 5) is 0. The molecular weight excluding hydrogens is 370 g/mol. The number of thiocarbonyl (C=S) groups is 1. The number of hydrogen-bond donors (Lipinski definition) is 2. The third kappa shape index (κ3) is 5.82. The van der Waals surface area contributed by atoms with Crippen molar-refractivity contribution in [2.45, 2.75) is 12.5 Å². The van der Waals surface area contributed by atoms with Crippen molar-refractivity contribution in [1.29, 1.82) is 0 Å². The largest absolute Gasteiger partial charge is 0.573 e. The monoisotopic (exact) mass is 380 g/mol. The van der Waals surface area contributed by atoms with Gasteiger partial charge in [0, 0.05) is 11.8 Å². The zero-order chi connectivity index (χ0) is 18.7. The van der Waals surface area contributed by atoms with E-state index in [4.69, 9.17) is 12.2 Å². The van der Waals surface area contributed by atoms with Crippen LogP contribution >= 0.6 is 12.2 Å². The first-order valence-corrected chi connectivity index (χ1v) is 7.05. The molecule has 2 N–H and O–H groups in total. The molecule has 3 nitrogen and oxygen atoms in total. The van der Waals surface area contributed by atoms with Gasteiger partial charge in [-0.3, -0.25) is 0 Å². The van der Waals surface area contributed by atoms with Gasteiger partial charge >= 0.3 is 12.5 Å². The van der Waals surface area contributed by atoms with Crippen molar-refractivity contribution < 1.29 is 31.1 Å². The molecule has 10 heteroatoms. The van der Waals surface area contributed by atoms with Crippen molar-refractivity contribution in [3.05, 3.63) is 54.1 Å². The fourth-order valence-corrected chi connectivity index (χ4v) is 2.12. The molecule has 2 aromatic carbocycles. The second-order valence-corrected chi connectivity index (χ2v) is 5.11. The molecule has 0 spiro atoms. The minimum Gasteiger partial charge on any atom is -0.406 e. The maximum atomic E-state index is 12.9. The molecule has 0 aliphatic rings. The summed E-state index contributed by atoms with van der Waals surface area (Å²) in [6, 6.07) is 9.41. The highest BCUT2D eigenvalue weighted by Gasteiger charge is 2.33. The van der Waals surface area contributed by atoms with Crippen molar-refractivity contribution >= 4 is 28.7 Å². The first-order valence-electron chi connectivity index (χ1n) is 6.64. The van der Waals surface area contributed by atoms with Gasteiger partial charge in [-0.15, -0.1) is 13.2 Å². The Morgan fingerprint density at radius 3 is 2.20 bits per heavy atom. The lowest BCUT2D eigenvalue weighted by Gasteiger charge is -2.16. The molecule has 0 radical (unpaired) electrons. The Balaban J connectivity index is 2.10. The topological polar surface area (TPSA) is 33.3 Å². The van der Waals surface area contributed by atoms with Crippen LogP contribution in [0.3, 0.4) is 0 Å². The van der Waals surface area contributed by atoms with Crippen molar-refractivity contribution in [3.63, 3.8) is 0 Å². The maximum Gasteiger partial charge on any atom is 0.573 e. The molecule has 0 aliphatic heterocycles. The summed E-state index contributed by atoms with van der Waals surface area (Å²) < 4.78 is 79.1. The average molecular weight is 380 g/mol. The van der Waals surface area contributed by atoms with Gasteiger partial charge in [-0.2, -0.15) is 13.2 Å². The van der Waals surface area contributed by atoms with Gasteiger partial charge in [0.1, 0.15) is 5.75 Å². The molecule has 0 bridgehead atoms. The smallest absolute Gasteiger partial charge is 0.406 e. The van der Waals surface area contributed by atoms with Gasteiger partial charge in [-0.25, -0.2) is 0 Å². The third-order valence-electron chi connectivity index (χ3n) is 2.81. The highest BCUT2D eigenvalue weighted by Crippen LogP contribution is 2.34. The van der Waals surface area contributed by atoms with Crippen LogP contribution in [0.2, 0.25) is 0 Å². The zero-order valence-electron chi connectivity index (χ0n) is 12.2. The Kier molecular flexibility index (Phi) is 5.41. The SMILES string of the molecule is FC(F)(F)Oc1cccc(NC(=S)Nc2ccccc2C(F)(F)F)c1. The second kappa shape index (κ2) is 7.18. The van der Waals surface area contributed by atoms with E-state index < -0.39 is 23.9 Å². The number of hydrogen-bond acceptors (Lipinski definition) is 2. The van der Waals surface area contributed by atoms with E-state index in [0.29, 0.717) is 0 Å². The summed E-state index contributed by atoms with van der Waals surface area (Å²) >= 11 is 4.90. The number of anilines is 2. The van der Waals surface area contributed by atoms with Crippen LogP contribution in [0.15, 0.2) is 48.5 Å². The summed E-state index contributed by atoms with van der Waals surface area (Å²) in [5.41, 5.74) is -1.09. The number of nitrogens with one attached hydrogen (secondary N) is 2. The molecule has 0 amide bonds. The van der Waals surface area contributed by atoms with Gasteiger partial charge in [0.15, 0.2) is 5.11 Å². The molecule has 0 atom stereocenters. The van der Waals surface area contributed by atoms with Crippen LogP contribution in [-0.2, 0) is 6.18 Å². The van der Waals surface area contributed by atoms with Crippen molar-refractivity contribution in [1.82, 2.24) is 0 Å². The summed E-state index contributed by atoms with van der Waals surface area (Å²) in [6.45, 7) is 0. The van der Waals surface area contributed by atoms with E-state index in [1.807, 2.05) is 0 Å². The normalized spacial score (nSPS) is 11.8. The lowest BCUT2D eigenvalue weighted by Crippen LogP contribution is -2.22. The summed E-state index contributed by atoms with van der Waals surface area (Å²) in [7, 11) is 0. The molecule has 0 unspecified atom stereocenters. The Hall–Kier alpha value is -2.49. The minimum atomic E-state index is -4.86. The van der Waals surface area contributed by atoms with E-state index in [9.17, 15) is 26.3 Å². The molecule has 0 heterocycles. The first kappa shape index (κ1) is 18.8. The summed E-state index contributed by atoms with van der Waals surface area (Å²) in [5, 5.41) is 4.65. The van der Waals surface area contributed by atoms with Crippen LogP contribution in [-0.4, -0.2) is 11.5 Å². The highest BCUT2D eigenvalue weighted by molar-refractivity contribution is 7.80. The van der Waals surface area contributed by atoms with E-state index in [2.05, 4.69) is 15.4 Å². The summed E-state index contributed by atoms with van der Waals surface area (Å²) in [6.07, 6.45) is -9.44. The number of alkyl halides is 6. The number of para-hydroxylation sites is 1. The molecule has 134 valence electrons. The van der Waals surface area contributed by atoms with E-state index in [-0.39, 0.29) is 16.5 Å². The van der Waals surface area contributed by atoms with Crippen LogP contribution in [0.1, 0.15) is 5.56 Å². The van der Waals surface area contributed by atoms with Crippen molar-refractivity contribution in [3.8, 4) is 5.75 Å². The summed E-state index contributed by atoms with van der Waals surface area (Å²) in [5.74, 6) is -0.490. The number of ether oxygens (including phenoxy) is 1. The van der Waals surface area contributed by atoms with E-state index >= 15 is 0 Å². The average Bonchev–Trinajstić information content (AvgIpc) is 2.45. The van der Waals surface area contributed by atoms with Crippen molar-refractivity contribution in [2.75, 3.05) is 10.6 Å². The van der Waals surface area contributed by atoms with Gasteiger partial charge < -0.3 is 15.4 Å². The lowest BCUT2D eigenvalue weighted by atomic mass is 10.1. The van der Waals surface area contributed by atoms with Gasteiger partial charge in [0.05, 0.1) is 11.3 Å². The predicted octanol–water partition coefficient (Wildman–Crippen LogP) is 5.41. The van der Waals surface area contributed by atoms with Crippen LogP contribution in [0.4, 0.5) is 37.7 Å². The van der Waals surface area contributed by atoms with Gasteiger partial charge in [-0.05, 0) is 36.5 Å². The quantitative estimate of drug-likeness (QED) is 0.551. The van der Waals surface area contributed by atoms with Gasteiger partial charge in [0.2, 0.25) is 0 Å². The molecule has 2 aromatic rings. The third-order valence-corrected chi connectivity index (χ3v) is 3.01. The lowest BCUT2D eigenvalue weighted by molar-refractivity contribution is -0.274. The first-order chi connectivity index (χ1) is 11.5. The van der Waals surface area contributed by atoms with Crippen LogP contribution in [0, 0.1) is 0 Å². The Morgan fingerprint density at radius 2 is 1.56 bits per heavy atom. The molecule has 0 saturated heterocycles. The molecule has 0 aromatic heterocycles. The van der Waals surface area contributed by atoms with Gasteiger partial charge in [-0.1, -0.05) is 18.2 Å². The maximum absolute atomic E-state index is 12.9. The van der Waals surface area contributed by atoms with Crippen LogP contribution in [0.5, 0.6) is 5.75 Å². The fraction of sp³-hybridized carbons (Fsp3) is 0.133. The van der Waals surface area contributed by atoms with Crippen molar-refractivity contribution in [2.24, 2.45) is 0 Å². The molecule has 0 fully saturated rings. The Labute approximate surface area is 143 Å². The molecule has 25 heavy (non-hydrogen) atoms. The molecule has 0 saturated carbocycles. The van der Waals surface area contributed by atoms with E-state index in [1.54, 1.807) is 0 Å². The zero-order valence-corrected chi connectivity index (χ0v) is 13.0. The standard InChI is InChI=1S/C15H10F6N2OS/c16-14(17,18)11-6-1-2-7-12(11)23-13(25)22-9-4-3-5-10(8-9)24-15(19,20)21/h1-8H,(H2,22,23,25). The molecule has 2 rings (SSSR count). The fourth-order valence-electron chi connectivity index (χ4n) is 1.89. The van der Waals surface area contributed by atoms with Crippen LogP contribution < -0.4 is 15.4 Å². The molecule has 0 aliphatic carbocycles. The number of benzene rings is 2. The predicted molar refractivity (Wildman–Crippen MR) is 84.4 cm³/mol. The number of rotatable bonds is 3. The van der Waals surface area contributed by atoms with E-state index in [1.165, 1.54) is 30.3 Å². The Morgan fingerprint density at radius 1 is 0.880 bits per heavy atom. The Bertz CT molecular complexity index is 760. The minimum absolute atomic E-state index is 0.115. The van der Waals surface area contributed by atoms with Gasteiger partial charge in [0.25, 0.3) is 0 Å². The van der Waals surface area contributed by atoms with Crippen LogP contribution in [0.25, 0.3) is 0 Å². The second-order valence-electron chi connectivity index (χ2n) is 4.70. The number of halogens is 6. The van der Waals surface area contributed by atoms with E-state index in [0.717, 1.165) is 18.2 Å².